The fourth-order valence-electron chi connectivity index (χ4n) is 3.04. The molecule has 158 valence electrons. The minimum Gasteiger partial charge on any atom is -0.334 e. The van der Waals surface area contributed by atoms with Crippen LogP contribution >= 0.6 is 34.3 Å². The van der Waals surface area contributed by atoms with Crippen LogP contribution in [0.25, 0.3) is 10.2 Å². The van der Waals surface area contributed by atoms with Gasteiger partial charge in [-0.2, -0.15) is 0 Å². The number of nitrogens with zero attached hydrogens (tertiary/aromatic N) is 2. The first kappa shape index (κ1) is 21.4. The molecular formula is C22H17ClFN3O2S2. The van der Waals surface area contributed by atoms with Crippen LogP contribution in [-0.2, 0) is 6.54 Å². The largest absolute Gasteiger partial charge is 0.334 e. The first-order valence-electron chi connectivity index (χ1n) is 9.28. The molecule has 2 amide bonds. The second kappa shape index (κ2) is 8.74. The highest BCUT2D eigenvalue weighted by Crippen LogP contribution is 2.30. The molecule has 2 aromatic heterocycles. The fraction of sp³-hybridized carbons (Fsp3) is 0.136. The molecule has 0 aliphatic rings. The number of benzene rings is 2. The number of thiophene rings is 1. The Labute approximate surface area is 191 Å². The van der Waals surface area contributed by atoms with Gasteiger partial charge in [0.15, 0.2) is 0 Å². The minimum atomic E-state index is -0.516. The second-order valence-electron chi connectivity index (χ2n) is 6.94. The van der Waals surface area contributed by atoms with Crippen molar-refractivity contribution in [2.75, 3.05) is 12.4 Å². The minimum absolute atomic E-state index is 0.0256. The molecule has 0 spiro atoms. The van der Waals surface area contributed by atoms with Gasteiger partial charge in [-0.15, -0.1) is 22.7 Å². The third-order valence-corrected chi connectivity index (χ3v) is 7.06. The van der Waals surface area contributed by atoms with Crippen LogP contribution < -0.4 is 5.32 Å². The topological polar surface area (TPSA) is 62.3 Å². The van der Waals surface area contributed by atoms with Crippen LogP contribution in [0.3, 0.4) is 0 Å². The van der Waals surface area contributed by atoms with Gasteiger partial charge in [0.05, 0.1) is 37.2 Å². The van der Waals surface area contributed by atoms with Gasteiger partial charge < -0.3 is 10.2 Å². The van der Waals surface area contributed by atoms with Crippen molar-refractivity contribution in [2.24, 2.45) is 0 Å². The van der Waals surface area contributed by atoms with E-state index >= 15 is 0 Å². The fourth-order valence-corrected chi connectivity index (χ4v) is 5.38. The molecule has 4 aromatic rings. The van der Waals surface area contributed by atoms with Crippen molar-refractivity contribution >= 4 is 61.3 Å². The molecule has 0 aliphatic carbocycles. The molecule has 0 radical (unpaired) electrons. The van der Waals surface area contributed by atoms with Crippen LogP contribution in [0.15, 0.2) is 48.5 Å². The summed E-state index contributed by atoms with van der Waals surface area (Å²) < 4.78 is 14.3. The number of thiazole rings is 1. The Bertz CT molecular complexity index is 1270. The average Bonchev–Trinajstić information content (AvgIpc) is 3.29. The molecule has 0 saturated carbocycles. The molecule has 2 aromatic carbocycles. The van der Waals surface area contributed by atoms with Crippen LogP contribution in [-0.4, -0.2) is 28.7 Å². The van der Waals surface area contributed by atoms with Gasteiger partial charge in [0.2, 0.25) is 0 Å². The van der Waals surface area contributed by atoms with Crippen molar-refractivity contribution in [2.45, 2.75) is 13.5 Å². The van der Waals surface area contributed by atoms with E-state index in [2.05, 4.69) is 10.3 Å². The number of hydrogen-bond acceptors (Lipinski definition) is 5. The van der Waals surface area contributed by atoms with Crippen molar-refractivity contribution < 1.29 is 14.0 Å². The quantitative estimate of drug-likeness (QED) is 0.387. The molecular weight excluding hydrogens is 457 g/mol. The number of fused-ring (bicyclic) bond motifs is 1. The van der Waals surface area contributed by atoms with Gasteiger partial charge >= 0.3 is 0 Å². The van der Waals surface area contributed by atoms with E-state index in [-0.39, 0.29) is 16.5 Å². The first-order valence-corrected chi connectivity index (χ1v) is 11.3. The van der Waals surface area contributed by atoms with E-state index < -0.39 is 11.7 Å². The Balaban J connectivity index is 1.48. The molecule has 0 bridgehead atoms. The van der Waals surface area contributed by atoms with Crippen LogP contribution in [0.5, 0.6) is 0 Å². The summed E-state index contributed by atoms with van der Waals surface area (Å²) in [5, 5.41) is 4.12. The number of amides is 2. The van der Waals surface area contributed by atoms with Gasteiger partial charge in [-0.05, 0) is 48.9 Å². The van der Waals surface area contributed by atoms with Crippen LogP contribution in [0, 0.1) is 12.7 Å². The summed E-state index contributed by atoms with van der Waals surface area (Å²) in [6.07, 6.45) is 0. The summed E-state index contributed by atoms with van der Waals surface area (Å²) >= 11 is 8.71. The molecule has 9 heteroatoms. The predicted octanol–water partition coefficient (Wildman–Crippen LogP) is 5.98. The number of hydrogen-bond donors (Lipinski definition) is 1. The molecule has 4 rings (SSSR count). The molecule has 31 heavy (non-hydrogen) atoms. The first-order chi connectivity index (χ1) is 14.8. The number of para-hydroxylation sites is 1. The highest BCUT2D eigenvalue weighted by atomic mass is 35.5. The smallest absolute Gasteiger partial charge is 0.264 e. The third-order valence-electron chi connectivity index (χ3n) is 4.58. The van der Waals surface area contributed by atoms with E-state index in [4.69, 9.17) is 11.6 Å². The van der Waals surface area contributed by atoms with Gasteiger partial charge in [-0.1, -0.05) is 23.7 Å². The second-order valence-corrected chi connectivity index (χ2v) is 9.51. The van der Waals surface area contributed by atoms with Crippen LogP contribution in [0.4, 0.5) is 9.39 Å². The Hall–Kier alpha value is -2.81. The van der Waals surface area contributed by atoms with Gasteiger partial charge in [0.25, 0.3) is 11.8 Å². The van der Waals surface area contributed by atoms with E-state index in [1.54, 1.807) is 29.4 Å². The van der Waals surface area contributed by atoms with E-state index in [0.29, 0.717) is 16.4 Å². The van der Waals surface area contributed by atoms with E-state index in [1.807, 2.05) is 31.2 Å². The molecule has 0 fully saturated rings. The highest BCUT2D eigenvalue weighted by Gasteiger charge is 2.20. The molecule has 0 saturated heterocycles. The summed E-state index contributed by atoms with van der Waals surface area (Å²) in [6, 6.07) is 13.2. The predicted molar refractivity (Wildman–Crippen MR) is 124 cm³/mol. The molecule has 0 unspecified atom stereocenters. The average molecular weight is 474 g/mol. The lowest BCUT2D eigenvalue weighted by molar-refractivity contribution is 0.0789. The summed E-state index contributed by atoms with van der Waals surface area (Å²) in [5.74, 6) is -1.13. The Morgan fingerprint density at radius 3 is 2.68 bits per heavy atom. The number of anilines is 1. The van der Waals surface area contributed by atoms with E-state index in [0.717, 1.165) is 26.9 Å². The summed E-state index contributed by atoms with van der Waals surface area (Å²) in [7, 11) is 1.73. The standard InChI is InChI=1S/C22H17ClFN3O2S2/c1-12-9-18(26-21(28)14-8-7-13(24)10-15(14)23)31-20(12)22(29)27(2)11-19-25-16-5-3-4-6-17(16)30-19/h3-10H,11H2,1-2H3,(H,26,28). The van der Waals surface area contributed by atoms with Crippen molar-refractivity contribution in [3.8, 4) is 0 Å². The maximum Gasteiger partial charge on any atom is 0.264 e. The Morgan fingerprint density at radius 2 is 1.94 bits per heavy atom. The molecule has 0 atom stereocenters. The molecule has 2 heterocycles. The van der Waals surface area contributed by atoms with Crippen molar-refractivity contribution in [1.29, 1.82) is 0 Å². The lowest BCUT2D eigenvalue weighted by Crippen LogP contribution is -2.25. The lowest BCUT2D eigenvalue weighted by atomic mass is 10.2. The van der Waals surface area contributed by atoms with Crippen molar-refractivity contribution in [1.82, 2.24) is 9.88 Å². The summed E-state index contributed by atoms with van der Waals surface area (Å²) in [5.41, 5.74) is 1.83. The van der Waals surface area contributed by atoms with E-state index in [1.165, 1.54) is 23.5 Å². The number of aromatic nitrogens is 1. The van der Waals surface area contributed by atoms with Gasteiger partial charge in [-0.25, -0.2) is 9.37 Å². The van der Waals surface area contributed by atoms with Crippen molar-refractivity contribution in [3.05, 3.63) is 80.4 Å². The Morgan fingerprint density at radius 1 is 1.16 bits per heavy atom. The van der Waals surface area contributed by atoms with E-state index in [9.17, 15) is 14.0 Å². The lowest BCUT2D eigenvalue weighted by Gasteiger charge is -2.15. The zero-order valence-electron chi connectivity index (χ0n) is 16.6. The van der Waals surface area contributed by atoms with Gasteiger partial charge in [0, 0.05) is 7.05 Å². The number of carbonyl (C=O) groups is 2. The number of aryl methyl sites for hydroxylation is 1. The maximum absolute atomic E-state index is 13.2. The summed E-state index contributed by atoms with van der Waals surface area (Å²) in [6.45, 7) is 2.21. The zero-order chi connectivity index (χ0) is 22.1. The normalized spacial score (nSPS) is 11.0. The van der Waals surface area contributed by atoms with Gasteiger partial charge in [0.1, 0.15) is 10.8 Å². The van der Waals surface area contributed by atoms with Crippen LogP contribution in [0.1, 0.15) is 30.6 Å². The van der Waals surface area contributed by atoms with Gasteiger partial charge in [-0.3, -0.25) is 9.59 Å². The summed E-state index contributed by atoms with van der Waals surface area (Å²) in [4.78, 5) is 32.2. The third kappa shape index (κ3) is 4.61. The highest BCUT2D eigenvalue weighted by molar-refractivity contribution is 7.18. The number of carbonyl (C=O) groups excluding carboxylic acids is 2. The van der Waals surface area contributed by atoms with Crippen LogP contribution in [0.2, 0.25) is 5.02 Å². The molecule has 0 aliphatic heterocycles. The number of halogens is 2. The zero-order valence-corrected chi connectivity index (χ0v) is 19.0. The molecule has 1 N–H and O–H groups in total. The molecule has 5 nitrogen and oxygen atoms in total. The van der Waals surface area contributed by atoms with Crippen molar-refractivity contribution in [3.63, 3.8) is 0 Å². The number of nitrogens with one attached hydrogen (secondary N) is 1. The maximum atomic E-state index is 13.2. The SMILES string of the molecule is Cc1cc(NC(=O)c2ccc(F)cc2Cl)sc1C(=O)N(C)Cc1nc2ccccc2s1. The Kier molecular flexibility index (Phi) is 6.04. The number of rotatable bonds is 5. The monoisotopic (exact) mass is 473 g/mol.